The minimum absolute atomic E-state index is 0.185. The Kier molecular flexibility index (Phi) is 3.06. The van der Waals surface area contributed by atoms with Crippen molar-refractivity contribution >= 4 is 11.7 Å². The topological polar surface area (TPSA) is 87.7 Å². The van der Waals surface area contributed by atoms with Crippen LogP contribution in [0.15, 0.2) is 29.4 Å². The first-order valence-corrected chi connectivity index (χ1v) is 3.98. The normalized spacial score (nSPS) is 11.1. The van der Waals surface area contributed by atoms with E-state index in [0.717, 1.165) is 5.56 Å². The number of hydrogen-bond acceptors (Lipinski definition) is 3. The molecule has 0 radical (unpaired) electrons. The molecule has 0 spiro atoms. The van der Waals surface area contributed by atoms with Gasteiger partial charge in [0, 0.05) is 0 Å². The zero-order valence-corrected chi connectivity index (χ0v) is 7.69. The fourth-order valence-electron chi connectivity index (χ4n) is 0.906. The summed E-state index contributed by atoms with van der Waals surface area (Å²) in [5, 5.41) is 12.8. The summed E-state index contributed by atoms with van der Waals surface area (Å²) in [5.41, 5.74) is 8.39. The lowest BCUT2D eigenvalue weighted by Crippen LogP contribution is -2.25. The van der Waals surface area contributed by atoms with E-state index < -0.39 is 6.03 Å². The largest absolute Gasteiger partial charge is 0.508 e. The van der Waals surface area contributed by atoms with Crippen molar-refractivity contribution < 1.29 is 9.90 Å². The fraction of sp³-hybridized carbons (Fsp3) is 0.111. The van der Waals surface area contributed by atoms with Gasteiger partial charge in [0.25, 0.3) is 0 Å². The Bertz CT molecular complexity index is 357. The molecule has 1 aromatic rings. The molecule has 0 bridgehead atoms. The molecule has 0 saturated carbocycles. The molecule has 0 atom stereocenters. The van der Waals surface area contributed by atoms with Crippen molar-refractivity contribution in [2.45, 2.75) is 6.92 Å². The predicted octanol–water partition coefficient (Wildman–Crippen LogP) is 0.784. The molecule has 5 nitrogen and oxygen atoms in total. The molecule has 0 heterocycles. The van der Waals surface area contributed by atoms with Gasteiger partial charge in [0.2, 0.25) is 0 Å². The number of carbonyl (C=O) groups excluding carboxylic acids is 1. The lowest BCUT2D eigenvalue weighted by atomic mass is 10.1. The van der Waals surface area contributed by atoms with E-state index in [1.807, 2.05) is 0 Å². The number of primary amides is 1. The van der Waals surface area contributed by atoms with Gasteiger partial charge in [0.05, 0.1) is 5.71 Å². The number of urea groups is 1. The van der Waals surface area contributed by atoms with Crippen LogP contribution >= 0.6 is 0 Å². The SMILES string of the molecule is CC(=NNC(N)=O)c1ccc(O)cc1. The lowest BCUT2D eigenvalue weighted by Gasteiger charge is -2.00. The van der Waals surface area contributed by atoms with E-state index in [1.54, 1.807) is 31.2 Å². The molecule has 5 heteroatoms. The van der Waals surface area contributed by atoms with Gasteiger partial charge in [-0.1, -0.05) is 0 Å². The number of hydrogen-bond donors (Lipinski definition) is 3. The Morgan fingerprint density at radius 1 is 1.43 bits per heavy atom. The van der Waals surface area contributed by atoms with Crippen LogP contribution in [0, 0.1) is 0 Å². The van der Waals surface area contributed by atoms with Crippen LogP contribution in [0.3, 0.4) is 0 Å². The van der Waals surface area contributed by atoms with Gasteiger partial charge >= 0.3 is 6.03 Å². The quantitative estimate of drug-likeness (QED) is 0.478. The van der Waals surface area contributed by atoms with Crippen molar-refractivity contribution in [2.24, 2.45) is 10.8 Å². The summed E-state index contributed by atoms with van der Waals surface area (Å²) in [5.74, 6) is 0.185. The average Bonchev–Trinajstić information content (AvgIpc) is 2.15. The Balaban J connectivity index is 2.78. The Labute approximate surface area is 81.2 Å². The third-order valence-corrected chi connectivity index (χ3v) is 1.62. The molecule has 74 valence electrons. The van der Waals surface area contributed by atoms with Crippen molar-refractivity contribution in [3.8, 4) is 5.75 Å². The maximum atomic E-state index is 10.4. The molecule has 1 rings (SSSR count). The number of hydrazone groups is 1. The van der Waals surface area contributed by atoms with Crippen LogP contribution in [-0.4, -0.2) is 16.8 Å². The number of phenolic OH excluding ortho intramolecular Hbond substituents is 1. The van der Waals surface area contributed by atoms with E-state index in [9.17, 15) is 4.79 Å². The maximum Gasteiger partial charge on any atom is 0.332 e. The number of rotatable bonds is 2. The summed E-state index contributed by atoms with van der Waals surface area (Å²) in [6, 6.07) is 5.76. The van der Waals surface area contributed by atoms with Crippen LogP contribution in [-0.2, 0) is 0 Å². The zero-order chi connectivity index (χ0) is 10.6. The molecule has 0 aliphatic carbocycles. The smallest absolute Gasteiger partial charge is 0.332 e. The van der Waals surface area contributed by atoms with Gasteiger partial charge in [-0.3, -0.25) is 0 Å². The molecule has 0 unspecified atom stereocenters. The molecule has 0 saturated heterocycles. The van der Waals surface area contributed by atoms with Crippen molar-refractivity contribution in [1.29, 1.82) is 0 Å². The first-order chi connectivity index (χ1) is 6.59. The second-order valence-electron chi connectivity index (χ2n) is 2.72. The van der Waals surface area contributed by atoms with Gasteiger partial charge in [0.1, 0.15) is 5.75 Å². The molecular formula is C9H11N3O2. The van der Waals surface area contributed by atoms with E-state index >= 15 is 0 Å². The Morgan fingerprint density at radius 3 is 2.50 bits per heavy atom. The van der Waals surface area contributed by atoms with Gasteiger partial charge < -0.3 is 10.8 Å². The molecule has 0 aliphatic heterocycles. The van der Waals surface area contributed by atoms with Gasteiger partial charge in [0.15, 0.2) is 0 Å². The van der Waals surface area contributed by atoms with Crippen molar-refractivity contribution in [3.05, 3.63) is 29.8 Å². The standard InChI is InChI=1S/C9H11N3O2/c1-6(11-12-9(10)14)7-2-4-8(13)5-3-7/h2-5,13H,1H3,(H3,10,12,14). The maximum absolute atomic E-state index is 10.4. The molecule has 14 heavy (non-hydrogen) atoms. The average molecular weight is 193 g/mol. The second-order valence-corrected chi connectivity index (χ2v) is 2.72. The number of benzene rings is 1. The summed E-state index contributed by atoms with van der Waals surface area (Å²) in [4.78, 5) is 10.4. The molecular weight excluding hydrogens is 182 g/mol. The van der Waals surface area contributed by atoms with E-state index in [0.29, 0.717) is 5.71 Å². The third-order valence-electron chi connectivity index (χ3n) is 1.62. The summed E-state index contributed by atoms with van der Waals surface area (Å²) < 4.78 is 0. The van der Waals surface area contributed by atoms with E-state index in [2.05, 4.69) is 10.5 Å². The minimum atomic E-state index is -0.705. The summed E-state index contributed by atoms with van der Waals surface area (Å²) in [7, 11) is 0. The minimum Gasteiger partial charge on any atom is -0.508 e. The Hall–Kier alpha value is -2.04. The van der Waals surface area contributed by atoms with Gasteiger partial charge in [-0.2, -0.15) is 5.10 Å². The highest BCUT2D eigenvalue weighted by atomic mass is 16.3. The fourth-order valence-corrected chi connectivity index (χ4v) is 0.906. The number of carbonyl (C=O) groups is 1. The third kappa shape index (κ3) is 2.78. The molecule has 0 aliphatic rings. The summed E-state index contributed by atoms with van der Waals surface area (Å²) >= 11 is 0. The van der Waals surface area contributed by atoms with Crippen LogP contribution in [0.1, 0.15) is 12.5 Å². The van der Waals surface area contributed by atoms with Crippen molar-refractivity contribution in [2.75, 3.05) is 0 Å². The van der Waals surface area contributed by atoms with Gasteiger partial charge in [-0.05, 0) is 36.8 Å². The lowest BCUT2D eigenvalue weighted by molar-refractivity contribution is 0.249. The molecule has 0 aromatic heterocycles. The van der Waals surface area contributed by atoms with Crippen molar-refractivity contribution in [3.63, 3.8) is 0 Å². The van der Waals surface area contributed by atoms with E-state index in [4.69, 9.17) is 10.8 Å². The molecule has 2 amide bonds. The van der Waals surface area contributed by atoms with E-state index in [1.165, 1.54) is 0 Å². The van der Waals surface area contributed by atoms with Crippen LogP contribution in [0.4, 0.5) is 4.79 Å². The highest BCUT2D eigenvalue weighted by Gasteiger charge is 1.97. The predicted molar refractivity (Wildman–Crippen MR) is 53.0 cm³/mol. The first kappa shape index (κ1) is 10.0. The first-order valence-electron chi connectivity index (χ1n) is 3.98. The van der Waals surface area contributed by atoms with Gasteiger partial charge in [-0.25, -0.2) is 10.2 Å². The van der Waals surface area contributed by atoms with Crippen LogP contribution < -0.4 is 11.2 Å². The zero-order valence-electron chi connectivity index (χ0n) is 7.69. The van der Waals surface area contributed by atoms with Crippen LogP contribution in [0.25, 0.3) is 0 Å². The van der Waals surface area contributed by atoms with Gasteiger partial charge in [-0.15, -0.1) is 0 Å². The highest BCUT2D eigenvalue weighted by molar-refractivity contribution is 5.99. The summed E-state index contributed by atoms with van der Waals surface area (Å²) in [6.07, 6.45) is 0. The number of amides is 2. The summed E-state index contributed by atoms with van der Waals surface area (Å²) in [6.45, 7) is 1.72. The number of aromatic hydroxyl groups is 1. The number of nitrogens with one attached hydrogen (secondary N) is 1. The number of phenols is 1. The monoisotopic (exact) mass is 193 g/mol. The Morgan fingerprint density at radius 2 is 2.00 bits per heavy atom. The highest BCUT2D eigenvalue weighted by Crippen LogP contribution is 2.09. The number of nitrogens with zero attached hydrogens (tertiary/aromatic N) is 1. The van der Waals surface area contributed by atoms with Crippen molar-refractivity contribution in [1.82, 2.24) is 5.43 Å². The number of nitrogens with two attached hydrogens (primary N) is 1. The van der Waals surface area contributed by atoms with E-state index in [-0.39, 0.29) is 5.75 Å². The molecule has 4 N–H and O–H groups in total. The molecule has 1 aromatic carbocycles. The molecule has 0 fully saturated rings. The second kappa shape index (κ2) is 4.27. The van der Waals surface area contributed by atoms with Crippen LogP contribution in [0.2, 0.25) is 0 Å². The van der Waals surface area contributed by atoms with Crippen LogP contribution in [0.5, 0.6) is 5.75 Å².